The third kappa shape index (κ3) is 5.95. The molecule has 0 unspecified atom stereocenters. The fourth-order valence-corrected chi connectivity index (χ4v) is 3.93. The minimum Gasteiger partial charge on any atom is -0.356 e. The molecule has 174 valence electrons. The lowest BCUT2D eigenvalue weighted by atomic mass is 10.1. The van der Waals surface area contributed by atoms with E-state index in [1.54, 1.807) is 19.4 Å². The van der Waals surface area contributed by atoms with E-state index in [9.17, 15) is 4.79 Å². The van der Waals surface area contributed by atoms with Crippen LogP contribution in [0.2, 0.25) is 0 Å². The molecular weight excluding hydrogens is 406 g/mol. The van der Waals surface area contributed by atoms with Gasteiger partial charge in [0.05, 0.1) is 5.69 Å². The van der Waals surface area contributed by atoms with Crippen LogP contribution in [0.15, 0.2) is 29.6 Å². The van der Waals surface area contributed by atoms with Crippen LogP contribution in [0.1, 0.15) is 37.4 Å². The zero-order valence-corrected chi connectivity index (χ0v) is 19.8. The van der Waals surface area contributed by atoms with E-state index < -0.39 is 0 Å². The SMILES string of the molecule is CN=C(NCCC(=O)N1CCN(c2ncccn2)CC1)N(C)Cc1cn(C)nc1C(C)C. The highest BCUT2D eigenvalue weighted by Gasteiger charge is 2.22. The minimum absolute atomic E-state index is 0.151. The second-order valence-corrected chi connectivity index (χ2v) is 8.36. The van der Waals surface area contributed by atoms with Gasteiger partial charge in [0.15, 0.2) is 5.96 Å². The van der Waals surface area contributed by atoms with E-state index in [0.717, 1.165) is 30.7 Å². The molecule has 0 bridgehead atoms. The second kappa shape index (κ2) is 10.9. The molecule has 1 amide bonds. The molecule has 1 aliphatic heterocycles. The highest BCUT2D eigenvalue weighted by molar-refractivity contribution is 5.81. The van der Waals surface area contributed by atoms with Gasteiger partial charge in [0.1, 0.15) is 0 Å². The van der Waals surface area contributed by atoms with Crippen molar-refractivity contribution in [1.29, 1.82) is 0 Å². The van der Waals surface area contributed by atoms with Crippen molar-refractivity contribution in [2.45, 2.75) is 32.7 Å². The molecule has 1 fully saturated rings. The Morgan fingerprint density at radius 2 is 1.91 bits per heavy atom. The van der Waals surface area contributed by atoms with E-state index in [2.05, 4.69) is 55.2 Å². The van der Waals surface area contributed by atoms with Crippen LogP contribution in [0.25, 0.3) is 0 Å². The third-order valence-corrected chi connectivity index (χ3v) is 5.55. The van der Waals surface area contributed by atoms with Crippen molar-refractivity contribution in [2.24, 2.45) is 12.0 Å². The van der Waals surface area contributed by atoms with Crippen LogP contribution in [0.4, 0.5) is 5.95 Å². The molecule has 32 heavy (non-hydrogen) atoms. The smallest absolute Gasteiger partial charge is 0.225 e. The van der Waals surface area contributed by atoms with E-state index in [1.165, 1.54) is 5.56 Å². The van der Waals surface area contributed by atoms with Gasteiger partial charge in [0.25, 0.3) is 0 Å². The van der Waals surface area contributed by atoms with Gasteiger partial charge in [-0.25, -0.2) is 9.97 Å². The van der Waals surface area contributed by atoms with Gasteiger partial charge in [-0.15, -0.1) is 0 Å². The number of anilines is 1. The van der Waals surface area contributed by atoms with Crippen molar-refractivity contribution in [3.8, 4) is 0 Å². The van der Waals surface area contributed by atoms with Gasteiger partial charge in [0, 0.05) is 91.0 Å². The van der Waals surface area contributed by atoms with Crippen molar-refractivity contribution >= 4 is 17.8 Å². The standard InChI is InChI=1S/C22H35N9O/c1-17(2)20-18(16-29(5)27-20)15-28(4)21(23-3)26-10-7-19(32)30-11-13-31(14-12-30)22-24-8-6-9-25-22/h6,8-9,16-17H,7,10-15H2,1-5H3,(H,23,26). The molecule has 1 saturated heterocycles. The maximum absolute atomic E-state index is 12.7. The highest BCUT2D eigenvalue weighted by atomic mass is 16.2. The fourth-order valence-electron chi connectivity index (χ4n) is 3.93. The van der Waals surface area contributed by atoms with Gasteiger partial charge < -0.3 is 20.0 Å². The summed E-state index contributed by atoms with van der Waals surface area (Å²) in [5.74, 6) is 2.00. The number of aliphatic imine (C=N–C) groups is 1. The molecule has 10 nitrogen and oxygen atoms in total. The van der Waals surface area contributed by atoms with Gasteiger partial charge in [-0.2, -0.15) is 5.10 Å². The Hall–Kier alpha value is -3.17. The van der Waals surface area contributed by atoms with E-state index in [1.807, 2.05) is 29.7 Å². The number of rotatable bonds is 7. The van der Waals surface area contributed by atoms with Crippen LogP contribution in [0.3, 0.4) is 0 Å². The molecule has 1 N–H and O–H groups in total. The largest absolute Gasteiger partial charge is 0.356 e. The molecule has 2 aromatic rings. The molecule has 0 spiro atoms. The Labute approximate surface area is 190 Å². The van der Waals surface area contributed by atoms with Gasteiger partial charge in [-0.1, -0.05) is 13.8 Å². The number of amides is 1. The maximum atomic E-state index is 12.7. The maximum Gasteiger partial charge on any atom is 0.225 e. The molecule has 1 aliphatic rings. The molecule has 0 aromatic carbocycles. The molecule has 0 aliphatic carbocycles. The first kappa shape index (κ1) is 23.5. The van der Waals surface area contributed by atoms with Crippen molar-refractivity contribution < 1.29 is 4.79 Å². The third-order valence-electron chi connectivity index (χ3n) is 5.55. The van der Waals surface area contributed by atoms with Crippen LogP contribution in [0.5, 0.6) is 0 Å². The predicted octanol–water partition coefficient (Wildman–Crippen LogP) is 1.08. The quantitative estimate of drug-likeness (QED) is 0.507. The van der Waals surface area contributed by atoms with Crippen LogP contribution in [-0.2, 0) is 18.4 Å². The molecule has 10 heteroatoms. The number of carbonyl (C=O) groups is 1. The van der Waals surface area contributed by atoms with E-state index in [-0.39, 0.29) is 5.91 Å². The summed E-state index contributed by atoms with van der Waals surface area (Å²) in [5, 5.41) is 7.90. The second-order valence-electron chi connectivity index (χ2n) is 8.36. The molecule has 0 atom stereocenters. The number of carbonyl (C=O) groups excluding carboxylic acids is 1. The summed E-state index contributed by atoms with van der Waals surface area (Å²) in [4.78, 5) is 31.7. The number of hydrogen-bond acceptors (Lipinski definition) is 6. The molecule has 0 radical (unpaired) electrons. The number of aryl methyl sites for hydroxylation is 1. The van der Waals surface area contributed by atoms with Crippen LogP contribution in [-0.4, -0.2) is 88.2 Å². The summed E-state index contributed by atoms with van der Waals surface area (Å²) >= 11 is 0. The zero-order valence-electron chi connectivity index (χ0n) is 19.8. The molecule has 0 saturated carbocycles. The monoisotopic (exact) mass is 441 g/mol. The fraction of sp³-hybridized carbons (Fsp3) is 0.591. The Kier molecular flexibility index (Phi) is 8.02. The molecular formula is C22H35N9O. The summed E-state index contributed by atoms with van der Waals surface area (Å²) in [6.45, 7) is 8.41. The topological polar surface area (TPSA) is 94.8 Å². The van der Waals surface area contributed by atoms with Crippen molar-refractivity contribution in [3.05, 3.63) is 35.9 Å². The van der Waals surface area contributed by atoms with Crippen molar-refractivity contribution in [2.75, 3.05) is 51.7 Å². The Bertz CT molecular complexity index is 901. The number of hydrogen-bond donors (Lipinski definition) is 1. The first-order chi connectivity index (χ1) is 15.4. The Morgan fingerprint density at radius 1 is 1.22 bits per heavy atom. The molecule has 3 heterocycles. The lowest BCUT2D eigenvalue weighted by Gasteiger charge is -2.34. The summed E-state index contributed by atoms with van der Waals surface area (Å²) < 4.78 is 1.86. The van der Waals surface area contributed by atoms with Crippen LogP contribution < -0.4 is 10.2 Å². The average Bonchev–Trinajstić information content (AvgIpc) is 3.17. The summed E-state index contributed by atoms with van der Waals surface area (Å²) in [7, 11) is 5.71. The Morgan fingerprint density at radius 3 is 2.53 bits per heavy atom. The summed E-state index contributed by atoms with van der Waals surface area (Å²) in [6, 6.07) is 1.81. The van der Waals surface area contributed by atoms with Gasteiger partial charge in [-0.3, -0.25) is 14.5 Å². The normalized spacial score (nSPS) is 14.8. The zero-order chi connectivity index (χ0) is 23.1. The number of nitrogens with zero attached hydrogens (tertiary/aromatic N) is 8. The van der Waals surface area contributed by atoms with E-state index in [0.29, 0.717) is 38.5 Å². The Balaban J connectivity index is 1.44. The minimum atomic E-state index is 0.151. The van der Waals surface area contributed by atoms with Gasteiger partial charge >= 0.3 is 0 Å². The number of guanidine groups is 1. The van der Waals surface area contributed by atoms with Crippen molar-refractivity contribution in [1.82, 2.24) is 34.9 Å². The average molecular weight is 442 g/mol. The van der Waals surface area contributed by atoms with Crippen molar-refractivity contribution in [3.63, 3.8) is 0 Å². The van der Waals surface area contributed by atoms with Crippen LogP contribution >= 0.6 is 0 Å². The highest BCUT2D eigenvalue weighted by Crippen LogP contribution is 2.18. The summed E-state index contributed by atoms with van der Waals surface area (Å²) in [5.41, 5.74) is 2.29. The number of piperazine rings is 1. The van der Waals surface area contributed by atoms with Gasteiger partial charge in [0.2, 0.25) is 11.9 Å². The number of nitrogens with one attached hydrogen (secondary N) is 1. The first-order valence-corrected chi connectivity index (χ1v) is 11.1. The number of aromatic nitrogens is 4. The summed E-state index contributed by atoms with van der Waals surface area (Å²) in [6.07, 6.45) is 5.97. The first-order valence-electron chi connectivity index (χ1n) is 11.1. The van der Waals surface area contributed by atoms with Crippen LogP contribution in [0, 0.1) is 0 Å². The van der Waals surface area contributed by atoms with Gasteiger partial charge in [-0.05, 0) is 12.0 Å². The van der Waals surface area contributed by atoms with E-state index in [4.69, 9.17) is 0 Å². The lowest BCUT2D eigenvalue weighted by Crippen LogP contribution is -2.50. The lowest BCUT2D eigenvalue weighted by molar-refractivity contribution is -0.131. The molecule has 2 aromatic heterocycles. The molecule has 3 rings (SSSR count). The van der Waals surface area contributed by atoms with E-state index >= 15 is 0 Å². The predicted molar refractivity (Wildman–Crippen MR) is 126 cm³/mol.